The van der Waals surface area contributed by atoms with Gasteiger partial charge in [-0.2, -0.15) is 0 Å². The van der Waals surface area contributed by atoms with Crippen LogP contribution in [0.1, 0.15) is 23.3 Å². The third kappa shape index (κ3) is 2.97. The van der Waals surface area contributed by atoms with Gasteiger partial charge in [0.05, 0.1) is 6.54 Å². The maximum atomic E-state index is 11.9. The Morgan fingerprint density at radius 3 is 2.61 bits per heavy atom. The van der Waals surface area contributed by atoms with Crippen LogP contribution in [0.25, 0.3) is 0 Å². The SMILES string of the molecule is Cc1ccc(CN(C)C(=O)Cc2nnc(C)o2)o1. The van der Waals surface area contributed by atoms with Gasteiger partial charge >= 0.3 is 0 Å². The van der Waals surface area contributed by atoms with Crippen LogP contribution in [0.5, 0.6) is 0 Å². The molecule has 18 heavy (non-hydrogen) atoms. The first kappa shape index (κ1) is 12.3. The Morgan fingerprint density at radius 1 is 1.28 bits per heavy atom. The average molecular weight is 249 g/mol. The van der Waals surface area contributed by atoms with Gasteiger partial charge in [-0.15, -0.1) is 10.2 Å². The number of nitrogens with zero attached hydrogens (tertiary/aromatic N) is 3. The van der Waals surface area contributed by atoms with E-state index in [4.69, 9.17) is 8.83 Å². The quantitative estimate of drug-likeness (QED) is 0.820. The molecule has 0 aliphatic carbocycles. The highest BCUT2D eigenvalue weighted by molar-refractivity contribution is 5.77. The van der Waals surface area contributed by atoms with E-state index in [0.717, 1.165) is 11.5 Å². The molecule has 0 N–H and O–H groups in total. The van der Waals surface area contributed by atoms with Crippen molar-refractivity contribution in [1.29, 1.82) is 0 Å². The number of hydrogen-bond acceptors (Lipinski definition) is 5. The topological polar surface area (TPSA) is 72.4 Å². The van der Waals surface area contributed by atoms with Crippen LogP contribution in [0.2, 0.25) is 0 Å². The number of hydrogen-bond donors (Lipinski definition) is 0. The summed E-state index contributed by atoms with van der Waals surface area (Å²) in [6.07, 6.45) is 0.108. The summed E-state index contributed by atoms with van der Waals surface area (Å²) in [5.41, 5.74) is 0. The third-order valence-corrected chi connectivity index (χ3v) is 2.49. The van der Waals surface area contributed by atoms with Crippen molar-refractivity contribution in [3.63, 3.8) is 0 Å². The molecule has 6 heteroatoms. The van der Waals surface area contributed by atoms with E-state index in [0.29, 0.717) is 18.3 Å². The molecule has 2 aromatic heterocycles. The van der Waals surface area contributed by atoms with Crippen LogP contribution in [0.3, 0.4) is 0 Å². The zero-order valence-electron chi connectivity index (χ0n) is 10.6. The highest BCUT2D eigenvalue weighted by Gasteiger charge is 2.15. The highest BCUT2D eigenvalue weighted by Crippen LogP contribution is 2.09. The summed E-state index contributed by atoms with van der Waals surface area (Å²) in [4.78, 5) is 13.5. The van der Waals surface area contributed by atoms with E-state index >= 15 is 0 Å². The monoisotopic (exact) mass is 249 g/mol. The van der Waals surface area contributed by atoms with Crippen LogP contribution >= 0.6 is 0 Å². The van der Waals surface area contributed by atoms with Crippen LogP contribution in [0.4, 0.5) is 0 Å². The standard InChI is InChI=1S/C12H15N3O3/c1-8-4-5-10(17-8)7-15(3)12(16)6-11-14-13-9(2)18-11/h4-5H,6-7H2,1-3H3. The first-order valence-corrected chi connectivity index (χ1v) is 5.63. The third-order valence-electron chi connectivity index (χ3n) is 2.49. The Morgan fingerprint density at radius 2 is 2.06 bits per heavy atom. The van der Waals surface area contributed by atoms with Crippen molar-refractivity contribution < 1.29 is 13.6 Å². The minimum atomic E-state index is -0.0901. The minimum absolute atomic E-state index is 0.0901. The summed E-state index contributed by atoms with van der Waals surface area (Å²) in [5.74, 6) is 2.29. The van der Waals surface area contributed by atoms with Gasteiger partial charge in [0.15, 0.2) is 0 Å². The van der Waals surface area contributed by atoms with Gasteiger partial charge in [-0.25, -0.2) is 0 Å². The summed E-state index contributed by atoms with van der Waals surface area (Å²) in [6.45, 7) is 3.99. The zero-order chi connectivity index (χ0) is 13.1. The van der Waals surface area contributed by atoms with E-state index in [1.54, 1.807) is 18.9 Å². The summed E-state index contributed by atoms with van der Waals surface area (Å²) in [5, 5.41) is 7.47. The molecule has 2 aromatic rings. The molecular weight excluding hydrogens is 234 g/mol. The Labute approximate surface area is 105 Å². The van der Waals surface area contributed by atoms with Crippen molar-refractivity contribution in [1.82, 2.24) is 15.1 Å². The number of likely N-dealkylation sites (N-methyl/N-ethyl adjacent to an activating group) is 1. The van der Waals surface area contributed by atoms with Crippen LogP contribution in [-0.2, 0) is 17.8 Å². The van der Waals surface area contributed by atoms with Crippen molar-refractivity contribution in [2.24, 2.45) is 0 Å². The fourth-order valence-corrected chi connectivity index (χ4v) is 1.57. The lowest BCUT2D eigenvalue weighted by atomic mass is 10.3. The molecule has 1 amide bonds. The normalized spacial score (nSPS) is 10.6. The van der Waals surface area contributed by atoms with Gasteiger partial charge in [0.25, 0.3) is 0 Å². The molecule has 0 saturated carbocycles. The molecule has 0 fully saturated rings. The van der Waals surface area contributed by atoms with E-state index in [-0.39, 0.29) is 12.3 Å². The number of carbonyl (C=O) groups excluding carboxylic acids is 1. The maximum absolute atomic E-state index is 11.9. The summed E-state index contributed by atoms with van der Waals surface area (Å²) >= 11 is 0. The Kier molecular flexibility index (Phi) is 3.45. The number of aryl methyl sites for hydroxylation is 2. The summed E-state index contributed by atoms with van der Waals surface area (Å²) in [7, 11) is 1.71. The molecule has 0 spiro atoms. The highest BCUT2D eigenvalue weighted by atomic mass is 16.4. The molecule has 2 rings (SSSR count). The van der Waals surface area contributed by atoms with Gasteiger partial charge in [-0.3, -0.25) is 4.79 Å². The van der Waals surface area contributed by atoms with Crippen molar-refractivity contribution >= 4 is 5.91 Å². The summed E-state index contributed by atoms with van der Waals surface area (Å²) < 4.78 is 10.6. The largest absolute Gasteiger partial charge is 0.464 e. The second-order valence-electron chi connectivity index (χ2n) is 4.15. The van der Waals surface area contributed by atoms with Gasteiger partial charge in [0.2, 0.25) is 17.7 Å². The molecule has 6 nitrogen and oxygen atoms in total. The lowest BCUT2D eigenvalue weighted by Crippen LogP contribution is -2.27. The van der Waals surface area contributed by atoms with E-state index in [9.17, 15) is 4.79 Å². The van der Waals surface area contributed by atoms with Crippen LogP contribution in [-0.4, -0.2) is 28.1 Å². The van der Waals surface area contributed by atoms with Gasteiger partial charge in [-0.05, 0) is 19.1 Å². The van der Waals surface area contributed by atoms with Crippen molar-refractivity contribution in [2.45, 2.75) is 26.8 Å². The Bertz CT molecular complexity index is 544. The molecular formula is C12H15N3O3. The predicted molar refractivity (Wildman–Crippen MR) is 62.7 cm³/mol. The number of furan rings is 1. The molecule has 0 bridgehead atoms. The molecule has 0 unspecified atom stereocenters. The molecule has 0 aliphatic rings. The summed E-state index contributed by atoms with van der Waals surface area (Å²) in [6, 6.07) is 3.73. The van der Waals surface area contributed by atoms with Crippen LogP contribution in [0.15, 0.2) is 21.0 Å². The number of amides is 1. The zero-order valence-corrected chi connectivity index (χ0v) is 10.6. The average Bonchev–Trinajstić information content (AvgIpc) is 2.88. The smallest absolute Gasteiger partial charge is 0.232 e. The first-order valence-electron chi connectivity index (χ1n) is 5.63. The molecule has 0 saturated heterocycles. The van der Waals surface area contributed by atoms with E-state index < -0.39 is 0 Å². The number of aromatic nitrogens is 2. The van der Waals surface area contributed by atoms with Gasteiger partial charge in [0, 0.05) is 14.0 Å². The minimum Gasteiger partial charge on any atom is -0.464 e. The first-order chi connectivity index (χ1) is 8.54. The van der Waals surface area contributed by atoms with Crippen molar-refractivity contribution in [3.05, 3.63) is 35.4 Å². The lowest BCUT2D eigenvalue weighted by Gasteiger charge is -2.14. The van der Waals surface area contributed by atoms with E-state index in [1.165, 1.54) is 0 Å². The number of rotatable bonds is 4. The molecule has 0 atom stereocenters. The molecule has 0 aromatic carbocycles. The van der Waals surface area contributed by atoms with Gasteiger partial charge in [-0.1, -0.05) is 0 Å². The number of carbonyl (C=O) groups is 1. The predicted octanol–water partition coefficient (Wildman–Crippen LogP) is 1.48. The lowest BCUT2D eigenvalue weighted by molar-refractivity contribution is -0.130. The van der Waals surface area contributed by atoms with Crippen molar-refractivity contribution in [3.8, 4) is 0 Å². The molecule has 96 valence electrons. The molecule has 2 heterocycles. The van der Waals surface area contributed by atoms with Gasteiger partial charge < -0.3 is 13.7 Å². The maximum Gasteiger partial charge on any atom is 0.232 e. The van der Waals surface area contributed by atoms with Gasteiger partial charge in [0.1, 0.15) is 17.9 Å². The van der Waals surface area contributed by atoms with Crippen LogP contribution < -0.4 is 0 Å². The fourth-order valence-electron chi connectivity index (χ4n) is 1.57. The Balaban J connectivity index is 1.92. The second-order valence-corrected chi connectivity index (χ2v) is 4.15. The van der Waals surface area contributed by atoms with Crippen LogP contribution in [0, 0.1) is 13.8 Å². The fraction of sp³-hybridized carbons (Fsp3) is 0.417. The Hall–Kier alpha value is -2.11. The molecule has 0 aliphatic heterocycles. The second kappa shape index (κ2) is 5.03. The molecule has 0 radical (unpaired) electrons. The van der Waals surface area contributed by atoms with E-state index in [1.807, 2.05) is 19.1 Å². The van der Waals surface area contributed by atoms with Crippen molar-refractivity contribution in [2.75, 3.05) is 7.05 Å². The van der Waals surface area contributed by atoms with E-state index in [2.05, 4.69) is 10.2 Å².